The maximum absolute atomic E-state index is 12.0. The van der Waals surface area contributed by atoms with Crippen LogP contribution >= 0.6 is 0 Å². The number of carbonyl (C=O) groups excluding carboxylic acids is 1. The number of hydrogen-bond donors (Lipinski definition) is 2. The molecule has 2 rings (SSSR count). The number of benzene rings is 2. The summed E-state index contributed by atoms with van der Waals surface area (Å²) in [6.07, 6.45) is 1.13. The van der Waals surface area contributed by atoms with Gasteiger partial charge in [0.15, 0.2) is 9.84 Å². The third-order valence-corrected chi connectivity index (χ3v) is 4.84. The molecule has 0 bridgehead atoms. The van der Waals surface area contributed by atoms with Crippen molar-refractivity contribution in [2.45, 2.75) is 31.3 Å². The van der Waals surface area contributed by atoms with Gasteiger partial charge in [-0.15, -0.1) is 0 Å². The van der Waals surface area contributed by atoms with Gasteiger partial charge in [0.1, 0.15) is 5.69 Å². The predicted octanol–water partition coefficient (Wildman–Crippen LogP) is 2.75. The normalized spacial score (nSPS) is 11.3. The van der Waals surface area contributed by atoms with Gasteiger partial charge in [-0.05, 0) is 43.7 Å². The highest BCUT2D eigenvalue weighted by Gasteiger charge is 2.18. The Labute approximate surface area is 157 Å². The third-order valence-electron chi connectivity index (χ3n) is 3.71. The van der Waals surface area contributed by atoms with Gasteiger partial charge in [0.25, 0.3) is 11.6 Å². The van der Waals surface area contributed by atoms with E-state index in [1.165, 1.54) is 30.3 Å². The Bertz CT molecular complexity index is 953. The molecule has 2 aromatic carbocycles. The van der Waals surface area contributed by atoms with E-state index in [-0.39, 0.29) is 40.3 Å². The van der Waals surface area contributed by atoms with Crippen molar-refractivity contribution in [1.29, 1.82) is 0 Å². The molecule has 144 valence electrons. The number of nitrogens with one attached hydrogen (secondary N) is 2. The number of nitrogens with zero attached hydrogens (tertiary/aromatic N) is 1. The van der Waals surface area contributed by atoms with Crippen molar-refractivity contribution in [2.24, 2.45) is 0 Å². The summed E-state index contributed by atoms with van der Waals surface area (Å²) in [5, 5.41) is 17.0. The van der Waals surface area contributed by atoms with E-state index in [0.717, 1.165) is 11.8 Å². The second-order valence-electron chi connectivity index (χ2n) is 6.39. The van der Waals surface area contributed by atoms with Crippen molar-refractivity contribution in [2.75, 3.05) is 11.6 Å². The lowest BCUT2D eigenvalue weighted by molar-refractivity contribution is -0.384. The molecule has 0 radical (unpaired) electrons. The lowest BCUT2D eigenvalue weighted by Crippen LogP contribution is -2.30. The lowest BCUT2D eigenvalue weighted by Gasteiger charge is -2.11. The molecule has 0 aromatic heterocycles. The molecule has 0 spiro atoms. The van der Waals surface area contributed by atoms with Crippen LogP contribution in [-0.2, 0) is 16.4 Å². The molecule has 9 heteroatoms. The summed E-state index contributed by atoms with van der Waals surface area (Å²) in [6, 6.07) is 10.4. The van der Waals surface area contributed by atoms with Crippen LogP contribution in [0, 0.1) is 10.1 Å². The molecule has 0 fully saturated rings. The van der Waals surface area contributed by atoms with Crippen LogP contribution in [0.1, 0.15) is 29.8 Å². The van der Waals surface area contributed by atoms with Crippen LogP contribution in [0.3, 0.4) is 0 Å². The standard InChI is InChI=1S/C18H21N3O5S/c1-12(2)20-18(22)14-6-9-16(17(10-14)21(23)24)19-11-13-4-7-15(8-5-13)27(3,25)26/h4-10,12,19H,11H2,1-3H3,(H,20,22). The predicted molar refractivity (Wildman–Crippen MR) is 103 cm³/mol. The Morgan fingerprint density at radius 2 is 1.78 bits per heavy atom. The molecule has 0 saturated heterocycles. The molecule has 27 heavy (non-hydrogen) atoms. The zero-order valence-electron chi connectivity index (χ0n) is 15.2. The number of sulfone groups is 1. The van der Waals surface area contributed by atoms with Crippen LogP contribution in [-0.4, -0.2) is 31.5 Å². The zero-order valence-corrected chi connectivity index (χ0v) is 16.0. The average Bonchev–Trinajstić information content (AvgIpc) is 2.58. The summed E-state index contributed by atoms with van der Waals surface area (Å²) >= 11 is 0. The van der Waals surface area contributed by atoms with Crippen molar-refractivity contribution in [3.63, 3.8) is 0 Å². The number of hydrogen-bond acceptors (Lipinski definition) is 6. The van der Waals surface area contributed by atoms with E-state index in [4.69, 9.17) is 0 Å². The van der Waals surface area contributed by atoms with Crippen molar-refractivity contribution >= 4 is 27.1 Å². The fraction of sp³-hybridized carbons (Fsp3) is 0.278. The topological polar surface area (TPSA) is 118 Å². The lowest BCUT2D eigenvalue weighted by atomic mass is 10.1. The Kier molecular flexibility index (Phi) is 6.17. The summed E-state index contributed by atoms with van der Waals surface area (Å²) in [5.41, 5.74) is 1.03. The molecule has 0 unspecified atom stereocenters. The van der Waals surface area contributed by atoms with E-state index in [9.17, 15) is 23.3 Å². The first-order valence-electron chi connectivity index (χ1n) is 8.20. The second-order valence-corrected chi connectivity index (χ2v) is 8.40. The number of rotatable bonds is 7. The molecule has 1 amide bonds. The highest BCUT2D eigenvalue weighted by atomic mass is 32.2. The molecule has 0 atom stereocenters. The Hall–Kier alpha value is -2.94. The van der Waals surface area contributed by atoms with E-state index < -0.39 is 14.8 Å². The Morgan fingerprint density at radius 3 is 2.30 bits per heavy atom. The van der Waals surface area contributed by atoms with E-state index in [2.05, 4.69) is 10.6 Å². The number of carbonyl (C=O) groups is 1. The molecule has 8 nitrogen and oxygen atoms in total. The second kappa shape index (κ2) is 8.17. The molecular weight excluding hydrogens is 370 g/mol. The maximum Gasteiger partial charge on any atom is 0.293 e. The van der Waals surface area contributed by atoms with E-state index >= 15 is 0 Å². The van der Waals surface area contributed by atoms with Gasteiger partial charge < -0.3 is 10.6 Å². The molecule has 2 N–H and O–H groups in total. The fourth-order valence-electron chi connectivity index (χ4n) is 2.37. The molecule has 0 saturated carbocycles. The van der Waals surface area contributed by atoms with Gasteiger partial charge in [-0.3, -0.25) is 14.9 Å². The largest absolute Gasteiger partial charge is 0.375 e. The molecule has 0 aliphatic carbocycles. The minimum Gasteiger partial charge on any atom is -0.375 e. The first-order valence-corrected chi connectivity index (χ1v) is 10.1. The van der Waals surface area contributed by atoms with Gasteiger partial charge in [0, 0.05) is 30.5 Å². The zero-order chi connectivity index (χ0) is 20.2. The van der Waals surface area contributed by atoms with Crippen LogP contribution in [0.25, 0.3) is 0 Å². The smallest absolute Gasteiger partial charge is 0.293 e. The van der Waals surface area contributed by atoms with Crippen molar-refractivity contribution in [1.82, 2.24) is 5.32 Å². The van der Waals surface area contributed by atoms with E-state index in [0.29, 0.717) is 0 Å². The molecule has 2 aromatic rings. The minimum absolute atomic E-state index is 0.0794. The van der Waals surface area contributed by atoms with Gasteiger partial charge in [0.05, 0.1) is 9.82 Å². The average molecular weight is 391 g/mol. The number of nitro groups is 1. The minimum atomic E-state index is -3.27. The van der Waals surface area contributed by atoms with Crippen LogP contribution in [0.5, 0.6) is 0 Å². The highest BCUT2D eigenvalue weighted by molar-refractivity contribution is 7.90. The summed E-state index contributed by atoms with van der Waals surface area (Å²) in [7, 11) is -3.27. The van der Waals surface area contributed by atoms with E-state index in [1.54, 1.807) is 26.0 Å². The van der Waals surface area contributed by atoms with Crippen molar-refractivity contribution in [3.05, 3.63) is 63.7 Å². The third kappa shape index (κ3) is 5.52. The quantitative estimate of drug-likeness (QED) is 0.553. The Balaban J connectivity index is 2.18. The summed E-state index contributed by atoms with van der Waals surface area (Å²) in [4.78, 5) is 23.0. The van der Waals surface area contributed by atoms with Crippen LogP contribution in [0.15, 0.2) is 47.4 Å². The number of anilines is 1. The van der Waals surface area contributed by atoms with Crippen LogP contribution < -0.4 is 10.6 Å². The highest BCUT2D eigenvalue weighted by Crippen LogP contribution is 2.26. The van der Waals surface area contributed by atoms with E-state index in [1.807, 2.05) is 0 Å². The number of amides is 1. The molecule has 0 aliphatic rings. The molecule has 0 aliphatic heterocycles. The summed E-state index contributed by atoms with van der Waals surface area (Å²) in [6.45, 7) is 3.87. The van der Waals surface area contributed by atoms with Gasteiger partial charge in [-0.25, -0.2) is 8.42 Å². The van der Waals surface area contributed by atoms with Crippen molar-refractivity contribution in [3.8, 4) is 0 Å². The van der Waals surface area contributed by atoms with Gasteiger partial charge in [-0.2, -0.15) is 0 Å². The van der Waals surface area contributed by atoms with Gasteiger partial charge in [0.2, 0.25) is 0 Å². The molecule has 0 heterocycles. The fourth-order valence-corrected chi connectivity index (χ4v) is 3.00. The molecular formula is C18H21N3O5S. The first kappa shape index (κ1) is 20.4. The van der Waals surface area contributed by atoms with Crippen LogP contribution in [0.2, 0.25) is 0 Å². The summed E-state index contributed by atoms with van der Waals surface area (Å²) < 4.78 is 22.9. The van der Waals surface area contributed by atoms with Crippen LogP contribution in [0.4, 0.5) is 11.4 Å². The SMILES string of the molecule is CC(C)NC(=O)c1ccc(NCc2ccc(S(C)(=O)=O)cc2)c([N+](=O)[O-])c1. The summed E-state index contributed by atoms with van der Waals surface area (Å²) in [5.74, 6) is -0.379. The maximum atomic E-state index is 12.0. The first-order chi connectivity index (χ1) is 12.6. The Morgan fingerprint density at radius 1 is 1.15 bits per heavy atom. The van der Waals surface area contributed by atoms with Crippen molar-refractivity contribution < 1.29 is 18.1 Å². The monoisotopic (exact) mass is 391 g/mol. The van der Waals surface area contributed by atoms with Gasteiger partial charge in [-0.1, -0.05) is 12.1 Å². The van der Waals surface area contributed by atoms with Gasteiger partial charge >= 0.3 is 0 Å². The number of nitro benzene ring substituents is 1.